The Hall–Kier alpha value is -2.04. The highest BCUT2D eigenvalue weighted by molar-refractivity contribution is 5.86. The Morgan fingerprint density at radius 2 is 1.95 bits per heavy atom. The third-order valence-electron chi connectivity index (χ3n) is 3.82. The Morgan fingerprint density at radius 1 is 1.32 bits per heavy atom. The van der Waals surface area contributed by atoms with Gasteiger partial charge in [-0.05, 0) is 57.7 Å². The number of benzene rings is 1. The lowest BCUT2D eigenvalue weighted by Crippen LogP contribution is -2.27. The maximum absolute atomic E-state index is 11.8. The first kappa shape index (κ1) is 16.3. The van der Waals surface area contributed by atoms with Crippen molar-refractivity contribution >= 4 is 17.7 Å². The molecule has 22 heavy (non-hydrogen) atoms. The molecule has 0 radical (unpaired) electrons. The fourth-order valence-electron chi connectivity index (χ4n) is 2.56. The van der Waals surface area contributed by atoms with E-state index in [0.29, 0.717) is 5.69 Å². The summed E-state index contributed by atoms with van der Waals surface area (Å²) in [6.45, 7) is 7.33. The molecule has 1 saturated carbocycles. The molecule has 1 aliphatic carbocycles. The predicted molar refractivity (Wildman–Crippen MR) is 84.2 cm³/mol. The van der Waals surface area contributed by atoms with Gasteiger partial charge in [0.25, 0.3) is 0 Å². The van der Waals surface area contributed by atoms with E-state index >= 15 is 0 Å². The number of rotatable bonds is 4. The summed E-state index contributed by atoms with van der Waals surface area (Å²) in [6, 6.07) is 5.68. The molecule has 1 aromatic rings. The minimum atomic E-state index is -0.772. The normalized spacial score (nSPS) is 16.0. The van der Waals surface area contributed by atoms with E-state index in [0.717, 1.165) is 24.0 Å². The highest BCUT2D eigenvalue weighted by atomic mass is 16.6. The van der Waals surface area contributed by atoms with E-state index in [4.69, 9.17) is 9.84 Å². The van der Waals surface area contributed by atoms with E-state index in [1.807, 2.05) is 45.9 Å². The number of anilines is 1. The standard InChI is InChI=1S/C17H23NO4/c1-11-9-12(17(7-8-17)10-14(19)20)5-6-13(11)18-15(21)22-16(2,3)4/h5-6,9H,7-8,10H2,1-4H3,(H,18,21)(H,19,20). The van der Waals surface area contributed by atoms with Crippen LogP contribution in [0.5, 0.6) is 0 Å². The molecule has 1 aromatic carbocycles. The third-order valence-corrected chi connectivity index (χ3v) is 3.82. The fraction of sp³-hybridized carbons (Fsp3) is 0.529. The summed E-state index contributed by atoms with van der Waals surface area (Å²) in [5, 5.41) is 11.8. The van der Waals surface area contributed by atoms with E-state index in [1.54, 1.807) is 0 Å². The number of hydrogen-bond donors (Lipinski definition) is 2. The van der Waals surface area contributed by atoms with Crippen LogP contribution in [0.25, 0.3) is 0 Å². The molecule has 0 aliphatic heterocycles. The zero-order valence-electron chi connectivity index (χ0n) is 13.5. The van der Waals surface area contributed by atoms with Crippen molar-refractivity contribution in [1.29, 1.82) is 0 Å². The van der Waals surface area contributed by atoms with Crippen molar-refractivity contribution in [3.05, 3.63) is 29.3 Å². The molecule has 1 aliphatic rings. The lowest BCUT2D eigenvalue weighted by Gasteiger charge is -2.21. The van der Waals surface area contributed by atoms with Gasteiger partial charge in [-0.3, -0.25) is 10.1 Å². The monoisotopic (exact) mass is 305 g/mol. The molecule has 0 atom stereocenters. The number of aliphatic carboxylic acids is 1. The summed E-state index contributed by atoms with van der Waals surface area (Å²) >= 11 is 0. The van der Waals surface area contributed by atoms with Crippen molar-refractivity contribution in [3.63, 3.8) is 0 Å². The first-order chi connectivity index (χ1) is 10.1. The van der Waals surface area contributed by atoms with Gasteiger partial charge in [0, 0.05) is 11.1 Å². The van der Waals surface area contributed by atoms with Crippen molar-refractivity contribution < 1.29 is 19.4 Å². The van der Waals surface area contributed by atoms with Gasteiger partial charge in [0.1, 0.15) is 5.60 Å². The van der Waals surface area contributed by atoms with Gasteiger partial charge >= 0.3 is 12.1 Å². The average molecular weight is 305 g/mol. The maximum Gasteiger partial charge on any atom is 0.412 e. The topological polar surface area (TPSA) is 75.6 Å². The van der Waals surface area contributed by atoms with Crippen LogP contribution in [0.15, 0.2) is 18.2 Å². The summed E-state index contributed by atoms with van der Waals surface area (Å²) in [5.41, 5.74) is 1.85. The van der Waals surface area contributed by atoms with Crippen LogP contribution in [0, 0.1) is 6.92 Å². The second kappa shape index (κ2) is 5.63. The van der Waals surface area contributed by atoms with Gasteiger partial charge in [0.2, 0.25) is 0 Å². The Balaban J connectivity index is 2.11. The average Bonchev–Trinajstić information content (AvgIpc) is 3.09. The summed E-state index contributed by atoms with van der Waals surface area (Å²) in [6.07, 6.45) is 1.47. The van der Waals surface area contributed by atoms with Gasteiger partial charge in [-0.1, -0.05) is 12.1 Å². The highest BCUT2D eigenvalue weighted by Gasteiger charge is 2.46. The van der Waals surface area contributed by atoms with Crippen molar-refractivity contribution in [2.24, 2.45) is 0 Å². The van der Waals surface area contributed by atoms with Crippen LogP contribution >= 0.6 is 0 Å². The van der Waals surface area contributed by atoms with Crippen molar-refractivity contribution in [3.8, 4) is 0 Å². The summed E-state index contributed by atoms with van der Waals surface area (Å²) in [7, 11) is 0. The number of carboxylic acid groups (broad SMARTS) is 1. The number of aryl methyl sites for hydroxylation is 1. The second-order valence-electron chi connectivity index (χ2n) is 7.01. The van der Waals surface area contributed by atoms with Crippen molar-refractivity contribution in [1.82, 2.24) is 0 Å². The van der Waals surface area contributed by atoms with Crippen molar-refractivity contribution in [2.75, 3.05) is 5.32 Å². The molecular formula is C17H23NO4. The quantitative estimate of drug-likeness (QED) is 0.886. The largest absolute Gasteiger partial charge is 0.481 e. The molecule has 0 aromatic heterocycles. The van der Waals surface area contributed by atoms with Gasteiger partial charge in [-0.15, -0.1) is 0 Å². The first-order valence-corrected chi connectivity index (χ1v) is 7.44. The first-order valence-electron chi connectivity index (χ1n) is 7.44. The SMILES string of the molecule is Cc1cc(C2(CC(=O)O)CC2)ccc1NC(=O)OC(C)(C)C. The van der Waals surface area contributed by atoms with E-state index in [-0.39, 0.29) is 11.8 Å². The predicted octanol–water partition coefficient (Wildman–Crippen LogP) is 3.85. The molecule has 0 spiro atoms. The van der Waals surface area contributed by atoms with Crippen LogP contribution in [-0.2, 0) is 14.9 Å². The molecule has 0 unspecified atom stereocenters. The molecule has 5 nitrogen and oxygen atoms in total. The van der Waals surface area contributed by atoms with Gasteiger partial charge in [-0.25, -0.2) is 4.79 Å². The number of carbonyl (C=O) groups excluding carboxylic acids is 1. The van der Waals surface area contributed by atoms with E-state index in [1.165, 1.54) is 0 Å². The Morgan fingerprint density at radius 3 is 2.41 bits per heavy atom. The van der Waals surface area contributed by atoms with Gasteiger partial charge in [0.15, 0.2) is 0 Å². The lowest BCUT2D eigenvalue weighted by atomic mass is 9.91. The van der Waals surface area contributed by atoms with E-state index in [2.05, 4.69) is 5.32 Å². The number of ether oxygens (including phenoxy) is 1. The minimum Gasteiger partial charge on any atom is -0.481 e. The van der Waals surface area contributed by atoms with E-state index < -0.39 is 17.7 Å². The molecule has 1 amide bonds. The van der Waals surface area contributed by atoms with Crippen LogP contribution in [0.1, 0.15) is 51.2 Å². The second-order valence-corrected chi connectivity index (χ2v) is 7.01. The number of amides is 1. The van der Waals surface area contributed by atoms with Gasteiger partial charge in [-0.2, -0.15) is 0 Å². The molecule has 0 bridgehead atoms. The van der Waals surface area contributed by atoms with Crippen LogP contribution in [0.3, 0.4) is 0 Å². The maximum atomic E-state index is 11.8. The number of carbonyl (C=O) groups is 2. The summed E-state index contributed by atoms with van der Waals surface area (Å²) in [4.78, 5) is 22.8. The molecule has 2 rings (SSSR count). The number of hydrogen-bond acceptors (Lipinski definition) is 3. The molecule has 2 N–H and O–H groups in total. The summed E-state index contributed by atoms with van der Waals surface area (Å²) in [5.74, 6) is -0.772. The highest BCUT2D eigenvalue weighted by Crippen LogP contribution is 2.51. The smallest absolute Gasteiger partial charge is 0.412 e. The third kappa shape index (κ3) is 4.00. The summed E-state index contributed by atoms with van der Waals surface area (Å²) < 4.78 is 5.23. The molecular weight excluding hydrogens is 282 g/mol. The minimum absolute atomic E-state index is 0.158. The molecule has 5 heteroatoms. The number of nitrogens with one attached hydrogen (secondary N) is 1. The Bertz CT molecular complexity index is 597. The van der Waals surface area contributed by atoms with E-state index in [9.17, 15) is 9.59 Å². The molecule has 120 valence electrons. The van der Waals surface area contributed by atoms with Gasteiger partial charge in [0.05, 0.1) is 6.42 Å². The Kier molecular flexibility index (Phi) is 4.18. The number of carboxylic acids is 1. The molecule has 0 saturated heterocycles. The lowest BCUT2D eigenvalue weighted by molar-refractivity contribution is -0.137. The van der Waals surface area contributed by atoms with Crippen molar-refractivity contribution in [2.45, 2.75) is 58.0 Å². The molecule has 1 fully saturated rings. The van der Waals surface area contributed by atoms with Crippen LogP contribution < -0.4 is 5.32 Å². The Labute approximate surface area is 130 Å². The zero-order chi connectivity index (χ0) is 16.5. The van der Waals surface area contributed by atoms with Crippen LogP contribution in [-0.4, -0.2) is 22.8 Å². The van der Waals surface area contributed by atoms with Crippen LogP contribution in [0.2, 0.25) is 0 Å². The van der Waals surface area contributed by atoms with Crippen LogP contribution in [0.4, 0.5) is 10.5 Å². The van der Waals surface area contributed by atoms with Gasteiger partial charge < -0.3 is 9.84 Å². The zero-order valence-corrected chi connectivity index (χ0v) is 13.5. The fourth-order valence-corrected chi connectivity index (χ4v) is 2.56. The molecule has 0 heterocycles.